The molecule has 1 aromatic rings. The number of hydrogen-bond donors (Lipinski definition) is 1. The molecule has 0 saturated carbocycles. The minimum Gasteiger partial charge on any atom is -0.372 e. The maximum atomic E-state index is 5.75. The number of nitrogens with zero attached hydrogens (tertiary/aromatic N) is 2. The van der Waals surface area contributed by atoms with E-state index in [2.05, 4.69) is 45.1 Å². The van der Waals surface area contributed by atoms with Crippen LogP contribution >= 0.6 is 27.7 Å². The van der Waals surface area contributed by atoms with Crippen LogP contribution in [-0.2, 0) is 4.74 Å². The Labute approximate surface area is 120 Å². The van der Waals surface area contributed by atoms with Crippen molar-refractivity contribution in [3.05, 3.63) is 16.0 Å². The van der Waals surface area contributed by atoms with Crippen LogP contribution in [0.1, 0.15) is 37.4 Å². The normalized spacial score (nSPS) is 20.2. The van der Waals surface area contributed by atoms with Gasteiger partial charge < -0.3 is 10.1 Å². The van der Waals surface area contributed by atoms with Gasteiger partial charge in [-0.15, -0.1) is 0 Å². The van der Waals surface area contributed by atoms with Crippen molar-refractivity contribution in [3.63, 3.8) is 0 Å². The summed E-state index contributed by atoms with van der Waals surface area (Å²) in [6, 6.07) is 0. The van der Waals surface area contributed by atoms with Gasteiger partial charge in [-0.25, -0.2) is 9.97 Å². The predicted octanol–water partition coefficient (Wildman–Crippen LogP) is 3.21. The Morgan fingerprint density at radius 3 is 2.78 bits per heavy atom. The highest BCUT2D eigenvalue weighted by Gasteiger charge is 2.23. The van der Waals surface area contributed by atoms with Crippen molar-refractivity contribution in [2.24, 2.45) is 0 Å². The minimum atomic E-state index is 0.0152. The molecule has 1 aliphatic rings. The van der Waals surface area contributed by atoms with Crippen molar-refractivity contribution < 1.29 is 4.74 Å². The van der Waals surface area contributed by atoms with Gasteiger partial charge in [0, 0.05) is 18.6 Å². The summed E-state index contributed by atoms with van der Waals surface area (Å²) in [5.74, 6) is 3.97. The summed E-state index contributed by atoms with van der Waals surface area (Å²) in [6.45, 7) is 5.04. The van der Waals surface area contributed by atoms with E-state index in [1.807, 2.05) is 18.8 Å². The number of anilines is 1. The van der Waals surface area contributed by atoms with Gasteiger partial charge in [-0.05, 0) is 21.8 Å². The summed E-state index contributed by atoms with van der Waals surface area (Å²) in [5, 5.41) is 3.11. The SMILES string of the molecule is CNc1nc(C2CSCCO2)nc(C(C)C)c1Br. The number of thioether (sulfide) groups is 1. The maximum absolute atomic E-state index is 5.75. The van der Waals surface area contributed by atoms with Gasteiger partial charge in [-0.2, -0.15) is 11.8 Å². The largest absolute Gasteiger partial charge is 0.372 e. The lowest BCUT2D eigenvalue weighted by molar-refractivity contribution is 0.0693. The van der Waals surface area contributed by atoms with E-state index >= 15 is 0 Å². The molecule has 1 unspecified atom stereocenters. The molecule has 4 nitrogen and oxygen atoms in total. The second-order valence-electron chi connectivity index (χ2n) is 4.47. The second kappa shape index (κ2) is 6.21. The quantitative estimate of drug-likeness (QED) is 0.921. The van der Waals surface area contributed by atoms with Crippen LogP contribution in [0.3, 0.4) is 0 Å². The molecule has 2 rings (SSSR count). The Morgan fingerprint density at radius 2 is 2.22 bits per heavy atom. The number of halogens is 1. The van der Waals surface area contributed by atoms with Crippen LogP contribution in [0.4, 0.5) is 5.82 Å². The van der Waals surface area contributed by atoms with Crippen LogP contribution in [0, 0.1) is 0 Å². The number of aromatic nitrogens is 2. The van der Waals surface area contributed by atoms with Crippen molar-refractivity contribution in [3.8, 4) is 0 Å². The monoisotopic (exact) mass is 331 g/mol. The molecule has 2 heterocycles. The summed E-state index contributed by atoms with van der Waals surface area (Å²) in [7, 11) is 1.87. The van der Waals surface area contributed by atoms with Crippen LogP contribution in [0.15, 0.2) is 4.47 Å². The number of ether oxygens (including phenoxy) is 1. The molecular weight excluding hydrogens is 314 g/mol. The third-order valence-corrected chi connectivity index (χ3v) is 4.56. The van der Waals surface area contributed by atoms with Gasteiger partial charge >= 0.3 is 0 Å². The fraction of sp³-hybridized carbons (Fsp3) is 0.667. The van der Waals surface area contributed by atoms with Gasteiger partial charge in [0.2, 0.25) is 0 Å². The van der Waals surface area contributed by atoms with Crippen molar-refractivity contribution >= 4 is 33.5 Å². The highest BCUT2D eigenvalue weighted by molar-refractivity contribution is 9.10. The fourth-order valence-corrected chi connectivity index (χ4v) is 3.48. The van der Waals surface area contributed by atoms with Crippen LogP contribution in [0.25, 0.3) is 0 Å². The van der Waals surface area contributed by atoms with Crippen LogP contribution < -0.4 is 5.32 Å². The summed E-state index contributed by atoms with van der Waals surface area (Å²) < 4.78 is 6.70. The van der Waals surface area contributed by atoms with E-state index in [9.17, 15) is 0 Å². The van der Waals surface area contributed by atoms with Crippen LogP contribution in [0.5, 0.6) is 0 Å². The van der Waals surface area contributed by atoms with Gasteiger partial charge in [-0.1, -0.05) is 13.8 Å². The molecule has 1 saturated heterocycles. The first kappa shape index (κ1) is 14.1. The average Bonchev–Trinajstić information content (AvgIpc) is 2.39. The topological polar surface area (TPSA) is 47.0 Å². The van der Waals surface area contributed by atoms with E-state index in [0.717, 1.165) is 39.9 Å². The predicted molar refractivity (Wildman–Crippen MR) is 79.4 cm³/mol. The van der Waals surface area contributed by atoms with Gasteiger partial charge in [-0.3, -0.25) is 0 Å². The first-order valence-electron chi connectivity index (χ1n) is 6.08. The van der Waals surface area contributed by atoms with Crippen molar-refractivity contribution in [2.75, 3.05) is 30.5 Å². The van der Waals surface area contributed by atoms with E-state index in [0.29, 0.717) is 5.92 Å². The Hall–Kier alpha value is -0.330. The van der Waals surface area contributed by atoms with E-state index in [1.54, 1.807) is 0 Å². The zero-order chi connectivity index (χ0) is 13.1. The van der Waals surface area contributed by atoms with Gasteiger partial charge in [0.25, 0.3) is 0 Å². The molecule has 1 aliphatic heterocycles. The Morgan fingerprint density at radius 1 is 1.44 bits per heavy atom. The molecule has 1 atom stereocenters. The van der Waals surface area contributed by atoms with Gasteiger partial charge in [0.1, 0.15) is 11.9 Å². The molecular formula is C12H18BrN3OS. The number of nitrogens with one attached hydrogen (secondary N) is 1. The standard InChI is InChI=1S/C12H18BrN3OS/c1-7(2)10-9(13)12(14-3)16-11(15-10)8-6-18-5-4-17-8/h7-8H,4-6H2,1-3H3,(H,14,15,16). The lowest BCUT2D eigenvalue weighted by Gasteiger charge is -2.23. The van der Waals surface area contributed by atoms with E-state index in [-0.39, 0.29) is 6.10 Å². The Kier molecular flexibility index (Phi) is 4.86. The molecule has 0 aliphatic carbocycles. The van der Waals surface area contributed by atoms with Crippen molar-refractivity contribution in [1.82, 2.24) is 9.97 Å². The third-order valence-electron chi connectivity index (χ3n) is 2.78. The van der Waals surface area contributed by atoms with Gasteiger partial charge in [0.05, 0.1) is 16.8 Å². The zero-order valence-corrected chi connectivity index (χ0v) is 13.3. The lowest BCUT2D eigenvalue weighted by atomic mass is 10.1. The zero-order valence-electron chi connectivity index (χ0n) is 10.9. The van der Waals surface area contributed by atoms with E-state index < -0.39 is 0 Å². The number of hydrogen-bond acceptors (Lipinski definition) is 5. The number of rotatable bonds is 3. The molecule has 18 heavy (non-hydrogen) atoms. The molecule has 1 N–H and O–H groups in total. The highest BCUT2D eigenvalue weighted by Crippen LogP contribution is 2.32. The minimum absolute atomic E-state index is 0.0152. The highest BCUT2D eigenvalue weighted by atomic mass is 79.9. The Balaban J connectivity index is 2.37. The molecule has 1 aromatic heterocycles. The van der Waals surface area contributed by atoms with Gasteiger partial charge in [0.15, 0.2) is 5.82 Å². The molecule has 0 amide bonds. The maximum Gasteiger partial charge on any atom is 0.160 e. The molecule has 1 fully saturated rings. The van der Waals surface area contributed by atoms with Crippen molar-refractivity contribution in [1.29, 1.82) is 0 Å². The summed E-state index contributed by atoms with van der Waals surface area (Å²) in [5.41, 5.74) is 1.03. The Bertz CT molecular complexity index is 422. The summed E-state index contributed by atoms with van der Waals surface area (Å²) in [4.78, 5) is 9.22. The fourth-order valence-electron chi connectivity index (χ4n) is 1.81. The van der Waals surface area contributed by atoms with Crippen LogP contribution in [-0.4, -0.2) is 35.1 Å². The molecule has 0 aromatic carbocycles. The molecule has 100 valence electrons. The second-order valence-corrected chi connectivity index (χ2v) is 6.41. The summed E-state index contributed by atoms with van der Waals surface area (Å²) in [6.07, 6.45) is 0.0152. The van der Waals surface area contributed by atoms with Crippen LogP contribution in [0.2, 0.25) is 0 Å². The molecule has 6 heteroatoms. The first-order chi connectivity index (χ1) is 8.63. The molecule has 0 bridgehead atoms. The molecule has 0 radical (unpaired) electrons. The van der Waals surface area contributed by atoms with E-state index in [1.165, 1.54) is 0 Å². The smallest absolute Gasteiger partial charge is 0.160 e. The summed E-state index contributed by atoms with van der Waals surface area (Å²) >= 11 is 5.46. The average molecular weight is 332 g/mol. The van der Waals surface area contributed by atoms with E-state index in [4.69, 9.17) is 4.74 Å². The third kappa shape index (κ3) is 2.97. The van der Waals surface area contributed by atoms with Crippen molar-refractivity contribution in [2.45, 2.75) is 25.9 Å². The first-order valence-corrected chi connectivity index (χ1v) is 8.02. The lowest BCUT2D eigenvalue weighted by Crippen LogP contribution is -2.19. The molecule has 0 spiro atoms.